The Morgan fingerprint density at radius 3 is 3.08 bits per heavy atom. The molecule has 1 aromatic heterocycles. The van der Waals surface area contributed by atoms with Crippen LogP contribution in [0.5, 0.6) is 0 Å². The Kier molecular flexibility index (Phi) is 1.79. The molecule has 1 aromatic rings. The zero-order valence-electron chi connectivity index (χ0n) is 7.51. The van der Waals surface area contributed by atoms with Gasteiger partial charge in [-0.3, -0.25) is 0 Å². The summed E-state index contributed by atoms with van der Waals surface area (Å²) in [5.41, 5.74) is 7.03. The number of hydrogen-bond acceptors (Lipinski definition) is 2. The summed E-state index contributed by atoms with van der Waals surface area (Å²) >= 11 is 0. The number of imidazole rings is 1. The molecule has 0 bridgehead atoms. The van der Waals surface area contributed by atoms with Crippen molar-refractivity contribution < 1.29 is 0 Å². The maximum absolute atomic E-state index is 5.80. The Labute approximate surface area is 72.6 Å². The number of hydrogen-bond donors (Lipinski definition) is 1. The minimum absolute atomic E-state index is 0.745. The molecule has 0 amide bonds. The van der Waals surface area contributed by atoms with E-state index in [0.717, 1.165) is 25.2 Å². The molecular formula is C9H15N3. The molecule has 0 saturated heterocycles. The number of nitrogens with zero attached hydrogens (tertiary/aromatic N) is 2. The highest BCUT2D eigenvalue weighted by Gasteiger charge is 2.15. The van der Waals surface area contributed by atoms with Gasteiger partial charge in [0.15, 0.2) is 0 Å². The summed E-state index contributed by atoms with van der Waals surface area (Å²) in [6.07, 6.45) is 4.64. The van der Waals surface area contributed by atoms with Gasteiger partial charge in [0.1, 0.15) is 11.6 Å². The maximum atomic E-state index is 5.80. The summed E-state index contributed by atoms with van der Waals surface area (Å²) in [5, 5.41) is 0. The molecule has 2 rings (SSSR count). The zero-order chi connectivity index (χ0) is 8.55. The Bertz CT molecular complexity index is 288. The first kappa shape index (κ1) is 7.65. The van der Waals surface area contributed by atoms with Crippen LogP contribution in [0, 0.1) is 0 Å². The predicted octanol–water partition coefficient (Wildman–Crippen LogP) is 1.36. The van der Waals surface area contributed by atoms with Crippen molar-refractivity contribution in [1.29, 1.82) is 0 Å². The van der Waals surface area contributed by atoms with Crippen LogP contribution in [0.25, 0.3) is 0 Å². The van der Waals surface area contributed by atoms with Gasteiger partial charge in [-0.15, -0.1) is 0 Å². The lowest BCUT2D eigenvalue weighted by Gasteiger charge is -2.15. The normalized spacial score (nSPS) is 16.1. The van der Waals surface area contributed by atoms with Crippen LogP contribution in [0.4, 0.5) is 5.82 Å². The fourth-order valence-electron chi connectivity index (χ4n) is 1.94. The van der Waals surface area contributed by atoms with Crippen LogP contribution in [0.2, 0.25) is 0 Å². The van der Waals surface area contributed by atoms with Crippen LogP contribution in [-0.2, 0) is 19.4 Å². The van der Waals surface area contributed by atoms with Gasteiger partial charge in [0.05, 0.1) is 5.69 Å². The molecule has 3 heteroatoms. The quantitative estimate of drug-likeness (QED) is 0.683. The van der Waals surface area contributed by atoms with Crippen molar-refractivity contribution in [3.63, 3.8) is 0 Å². The van der Waals surface area contributed by atoms with Crippen molar-refractivity contribution in [2.75, 3.05) is 5.73 Å². The lowest BCUT2D eigenvalue weighted by molar-refractivity contribution is 0.510. The van der Waals surface area contributed by atoms with Gasteiger partial charge in [-0.1, -0.05) is 6.92 Å². The van der Waals surface area contributed by atoms with E-state index in [-0.39, 0.29) is 0 Å². The SMILES string of the molecule is CCc1c(N)nc2n1CCCC2. The summed E-state index contributed by atoms with van der Waals surface area (Å²) in [4.78, 5) is 4.36. The average Bonchev–Trinajstić information content (AvgIpc) is 2.40. The van der Waals surface area contributed by atoms with Gasteiger partial charge in [0.2, 0.25) is 0 Å². The van der Waals surface area contributed by atoms with E-state index in [1.54, 1.807) is 0 Å². The van der Waals surface area contributed by atoms with E-state index in [2.05, 4.69) is 16.5 Å². The first-order valence-corrected chi connectivity index (χ1v) is 4.66. The third-order valence-corrected chi connectivity index (χ3v) is 2.55. The van der Waals surface area contributed by atoms with Crippen LogP contribution < -0.4 is 5.73 Å². The molecule has 0 atom stereocenters. The summed E-state index contributed by atoms with van der Waals surface area (Å²) in [6.45, 7) is 3.25. The minimum Gasteiger partial charge on any atom is -0.382 e. The standard InChI is InChI=1S/C9H15N3/c1-2-7-9(10)11-8-5-3-4-6-12(7)8/h2-6,10H2,1H3. The average molecular weight is 165 g/mol. The Morgan fingerprint density at radius 1 is 1.50 bits per heavy atom. The maximum Gasteiger partial charge on any atom is 0.145 e. The number of nitrogen functional groups attached to an aromatic ring is 1. The highest BCUT2D eigenvalue weighted by Crippen LogP contribution is 2.21. The third kappa shape index (κ3) is 1.00. The Morgan fingerprint density at radius 2 is 2.33 bits per heavy atom. The van der Waals surface area contributed by atoms with E-state index in [1.807, 2.05) is 0 Å². The molecular weight excluding hydrogens is 150 g/mol. The number of rotatable bonds is 1. The number of fused-ring (bicyclic) bond motifs is 1. The van der Waals surface area contributed by atoms with Gasteiger partial charge in [0, 0.05) is 13.0 Å². The van der Waals surface area contributed by atoms with E-state index in [0.29, 0.717) is 0 Å². The lowest BCUT2D eigenvalue weighted by Crippen LogP contribution is -2.12. The van der Waals surface area contributed by atoms with Crippen LogP contribution in [0.15, 0.2) is 0 Å². The number of aryl methyl sites for hydroxylation is 1. The van der Waals surface area contributed by atoms with Crippen molar-refractivity contribution in [3.8, 4) is 0 Å². The van der Waals surface area contributed by atoms with E-state index < -0.39 is 0 Å². The molecule has 0 saturated carbocycles. The van der Waals surface area contributed by atoms with Crippen molar-refractivity contribution >= 4 is 5.82 Å². The van der Waals surface area contributed by atoms with Crippen molar-refractivity contribution in [2.24, 2.45) is 0 Å². The summed E-state index contributed by atoms with van der Waals surface area (Å²) in [6, 6.07) is 0. The zero-order valence-corrected chi connectivity index (χ0v) is 7.51. The van der Waals surface area contributed by atoms with E-state index in [1.165, 1.54) is 24.4 Å². The van der Waals surface area contributed by atoms with Crippen molar-refractivity contribution in [2.45, 2.75) is 39.2 Å². The smallest absolute Gasteiger partial charge is 0.145 e. The molecule has 0 radical (unpaired) electrons. The van der Waals surface area contributed by atoms with Gasteiger partial charge in [0.25, 0.3) is 0 Å². The number of aromatic nitrogens is 2. The molecule has 0 unspecified atom stereocenters. The summed E-state index contributed by atoms with van der Waals surface area (Å²) < 4.78 is 2.29. The van der Waals surface area contributed by atoms with Crippen LogP contribution in [0.1, 0.15) is 31.3 Å². The second-order valence-corrected chi connectivity index (χ2v) is 3.32. The Balaban J connectivity index is 2.46. The van der Waals surface area contributed by atoms with Gasteiger partial charge < -0.3 is 10.3 Å². The highest BCUT2D eigenvalue weighted by molar-refractivity contribution is 5.37. The number of anilines is 1. The van der Waals surface area contributed by atoms with Gasteiger partial charge in [-0.2, -0.15) is 0 Å². The monoisotopic (exact) mass is 165 g/mol. The molecule has 0 aliphatic carbocycles. The van der Waals surface area contributed by atoms with Gasteiger partial charge in [-0.05, 0) is 19.3 Å². The fourth-order valence-corrected chi connectivity index (χ4v) is 1.94. The summed E-state index contributed by atoms with van der Waals surface area (Å²) in [7, 11) is 0. The van der Waals surface area contributed by atoms with Gasteiger partial charge >= 0.3 is 0 Å². The van der Waals surface area contributed by atoms with Crippen molar-refractivity contribution in [1.82, 2.24) is 9.55 Å². The molecule has 0 spiro atoms. The molecule has 3 nitrogen and oxygen atoms in total. The van der Waals surface area contributed by atoms with Crippen LogP contribution >= 0.6 is 0 Å². The molecule has 66 valence electrons. The van der Waals surface area contributed by atoms with E-state index in [9.17, 15) is 0 Å². The van der Waals surface area contributed by atoms with Crippen LogP contribution in [-0.4, -0.2) is 9.55 Å². The van der Waals surface area contributed by atoms with E-state index >= 15 is 0 Å². The molecule has 12 heavy (non-hydrogen) atoms. The summed E-state index contributed by atoms with van der Waals surface area (Å²) in [5.74, 6) is 1.94. The minimum atomic E-state index is 0.745. The largest absolute Gasteiger partial charge is 0.382 e. The van der Waals surface area contributed by atoms with Gasteiger partial charge in [-0.25, -0.2) is 4.98 Å². The van der Waals surface area contributed by atoms with E-state index in [4.69, 9.17) is 5.73 Å². The fraction of sp³-hybridized carbons (Fsp3) is 0.667. The molecule has 2 heterocycles. The molecule has 0 aromatic carbocycles. The highest BCUT2D eigenvalue weighted by atomic mass is 15.1. The van der Waals surface area contributed by atoms with Crippen molar-refractivity contribution in [3.05, 3.63) is 11.5 Å². The molecule has 1 aliphatic rings. The topological polar surface area (TPSA) is 43.8 Å². The first-order valence-electron chi connectivity index (χ1n) is 4.66. The number of nitrogens with two attached hydrogens (primary N) is 1. The molecule has 2 N–H and O–H groups in total. The predicted molar refractivity (Wildman–Crippen MR) is 49.0 cm³/mol. The third-order valence-electron chi connectivity index (χ3n) is 2.55. The Hall–Kier alpha value is -0.990. The molecule has 1 aliphatic heterocycles. The second kappa shape index (κ2) is 2.81. The second-order valence-electron chi connectivity index (χ2n) is 3.32. The van der Waals surface area contributed by atoms with Crippen LogP contribution in [0.3, 0.4) is 0 Å². The molecule has 0 fully saturated rings. The first-order chi connectivity index (χ1) is 5.83. The lowest BCUT2D eigenvalue weighted by atomic mass is 10.1.